The van der Waals surface area contributed by atoms with Crippen LogP contribution in [-0.2, 0) is 9.31 Å². The Kier molecular flexibility index (Phi) is 10.6. The van der Waals surface area contributed by atoms with Gasteiger partial charge in [-0.15, -0.1) is 0 Å². The topological polar surface area (TPSA) is 111 Å². The average Bonchev–Trinajstić information content (AvgIpc) is 2.76. The number of methoxy groups -OCH3 is 1. The highest BCUT2D eigenvalue weighted by Gasteiger charge is 2.25. The van der Waals surface area contributed by atoms with Crippen LogP contribution in [0.2, 0.25) is 0 Å². The molecule has 0 aliphatic heterocycles. The average molecular weight is 461 g/mol. The Morgan fingerprint density at radius 3 is 2.52 bits per heavy atom. The Morgan fingerprint density at radius 2 is 1.88 bits per heavy atom. The lowest BCUT2D eigenvalue weighted by Crippen LogP contribution is -2.34. The predicted octanol–water partition coefficient (Wildman–Crippen LogP) is 3.18. The molecule has 3 N–H and O–H groups in total. The van der Waals surface area contributed by atoms with Gasteiger partial charge in [-0.3, -0.25) is 4.98 Å². The predicted molar refractivity (Wildman–Crippen MR) is 127 cm³/mol. The van der Waals surface area contributed by atoms with Crippen molar-refractivity contribution in [2.45, 2.75) is 58.2 Å². The SMILES string of the molecule is CCCOc1cc(-c2cncc([C@@H](CO)COB(O)O[C@@H](C)CC(C)(C)O)c2)ccc1OC. The first-order valence-corrected chi connectivity index (χ1v) is 11.2. The highest BCUT2D eigenvalue weighted by molar-refractivity contribution is 6.34. The Hall–Kier alpha value is -2.17. The van der Waals surface area contributed by atoms with Gasteiger partial charge in [-0.25, -0.2) is 0 Å². The first kappa shape index (κ1) is 27.1. The van der Waals surface area contributed by atoms with Crippen LogP contribution in [0.5, 0.6) is 11.5 Å². The molecule has 0 unspecified atom stereocenters. The highest BCUT2D eigenvalue weighted by atomic mass is 16.7. The molecule has 8 nitrogen and oxygen atoms in total. The molecule has 0 saturated carbocycles. The number of aliphatic hydroxyl groups excluding tert-OH is 1. The van der Waals surface area contributed by atoms with E-state index in [1.54, 1.807) is 40.3 Å². The molecule has 9 heteroatoms. The van der Waals surface area contributed by atoms with Crippen molar-refractivity contribution in [3.05, 3.63) is 42.2 Å². The van der Waals surface area contributed by atoms with Gasteiger partial charge in [0.1, 0.15) is 0 Å². The van der Waals surface area contributed by atoms with Crippen molar-refractivity contribution >= 4 is 7.32 Å². The first-order valence-electron chi connectivity index (χ1n) is 11.2. The monoisotopic (exact) mass is 461 g/mol. The van der Waals surface area contributed by atoms with Crippen LogP contribution in [0.1, 0.15) is 52.0 Å². The first-order chi connectivity index (χ1) is 15.7. The van der Waals surface area contributed by atoms with Crippen LogP contribution in [0.3, 0.4) is 0 Å². The molecular weight excluding hydrogens is 425 g/mol. The Bertz CT molecular complexity index is 859. The maximum atomic E-state index is 10.0. The summed E-state index contributed by atoms with van der Waals surface area (Å²) >= 11 is 0. The van der Waals surface area contributed by atoms with E-state index in [4.69, 9.17) is 18.8 Å². The second kappa shape index (κ2) is 12.9. The van der Waals surface area contributed by atoms with Crippen LogP contribution in [-0.4, -0.2) is 66.2 Å². The van der Waals surface area contributed by atoms with Crippen LogP contribution in [0.15, 0.2) is 36.7 Å². The molecule has 0 radical (unpaired) electrons. The van der Waals surface area contributed by atoms with E-state index in [0.29, 0.717) is 24.5 Å². The fraction of sp³-hybridized carbons (Fsp3) is 0.542. The lowest BCUT2D eigenvalue weighted by molar-refractivity contribution is 0.0105. The summed E-state index contributed by atoms with van der Waals surface area (Å²) in [5.41, 5.74) is 1.60. The standard InChI is InChI=1S/C24H36BNO7/c1-6-9-31-23-11-18(7-8-22(23)30-5)19-10-20(14-26-13-19)21(15-27)16-32-25(29)33-17(2)12-24(3,4)28/h7-8,10-11,13-14,17,21,27-29H,6,9,12,15-16H2,1-5H3/t17-,21-/m0/s1. The van der Waals surface area contributed by atoms with Crippen molar-refractivity contribution in [1.82, 2.24) is 4.98 Å². The van der Waals surface area contributed by atoms with Gasteiger partial charge in [0, 0.05) is 43.0 Å². The van der Waals surface area contributed by atoms with Crippen LogP contribution >= 0.6 is 0 Å². The minimum Gasteiger partial charge on any atom is -0.493 e. The summed E-state index contributed by atoms with van der Waals surface area (Å²) in [6.45, 7) is 7.55. The molecule has 33 heavy (non-hydrogen) atoms. The van der Waals surface area contributed by atoms with Crippen LogP contribution in [0, 0.1) is 0 Å². The van der Waals surface area contributed by atoms with Crippen LogP contribution in [0.25, 0.3) is 11.1 Å². The van der Waals surface area contributed by atoms with Gasteiger partial charge in [-0.05, 0) is 56.5 Å². The van der Waals surface area contributed by atoms with Gasteiger partial charge in [0.2, 0.25) is 0 Å². The molecule has 0 amide bonds. The third kappa shape index (κ3) is 8.95. The molecule has 1 aromatic heterocycles. The van der Waals surface area contributed by atoms with Crippen molar-refractivity contribution in [3.63, 3.8) is 0 Å². The van der Waals surface area contributed by atoms with Crippen molar-refractivity contribution in [3.8, 4) is 22.6 Å². The second-order valence-electron chi connectivity index (χ2n) is 8.70. The van der Waals surface area contributed by atoms with Crippen molar-refractivity contribution in [2.24, 2.45) is 0 Å². The van der Waals surface area contributed by atoms with Crippen molar-refractivity contribution in [1.29, 1.82) is 0 Å². The van der Waals surface area contributed by atoms with Crippen LogP contribution < -0.4 is 9.47 Å². The molecular formula is C24H36BNO7. The summed E-state index contributed by atoms with van der Waals surface area (Å²) < 4.78 is 22.0. The van der Waals surface area contributed by atoms with E-state index in [2.05, 4.69) is 4.98 Å². The van der Waals surface area contributed by atoms with E-state index in [9.17, 15) is 15.2 Å². The van der Waals surface area contributed by atoms with Gasteiger partial charge >= 0.3 is 7.32 Å². The molecule has 2 rings (SSSR count). The minimum atomic E-state index is -1.47. The molecule has 2 aromatic rings. The van der Waals surface area contributed by atoms with Gasteiger partial charge < -0.3 is 34.0 Å². The number of hydrogen-bond donors (Lipinski definition) is 3. The normalized spacial score (nSPS) is 13.5. The summed E-state index contributed by atoms with van der Waals surface area (Å²) in [6, 6.07) is 7.60. The molecule has 0 aliphatic rings. The van der Waals surface area contributed by atoms with Gasteiger partial charge in [-0.2, -0.15) is 0 Å². The number of aliphatic hydroxyl groups is 2. The third-order valence-corrected chi connectivity index (χ3v) is 4.99. The summed E-state index contributed by atoms with van der Waals surface area (Å²) in [5.74, 6) is 0.907. The van der Waals surface area contributed by atoms with E-state index in [-0.39, 0.29) is 13.2 Å². The molecule has 0 aliphatic carbocycles. The van der Waals surface area contributed by atoms with E-state index in [0.717, 1.165) is 23.1 Å². The van der Waals surface area contributed by atoms with Crippen molar-refractivity contribution in [2.75, 3.05) is 26.9 Å². The van der Waals surface area contributed by atoms with Crippen molar-refractivity contribution < 1.29 is 34.0 Å². The zero-order valence-electron chi connectivity index (χ0n) is 20.2. The summed E-state index contributed by atoms with van der Waals surface area (Å²) in [4.78, 5) is 4.32. The molecule has 1 heterocycles. The number of pyridine rings is 1. The quantitative estimate of drug-likeness (QED) is 0.368. The maximum Gasteiger partial charge on any atom is 0.636 e. The lowest BCUT2D eigenvalue weighted by atomic mass is 9.98. The van der Waals surface area contributed by atoms with E-state index >= 15 is 0 Å². The summed E-state index contributed by atoms with van der Waals surface area (Å²) in [6.07, 6.45) is 4.22. The molecule has 1 aromatic carbocycles. The second-order valence-corrected chi connectivity index (χ2v) is 8.70. The zero-order chi connectivity index (χ0) is 24.4. The lowest BCUT2D eigenvalue weighted by Gasteiger charge is -2.24. The van der Waals surface area contributed by atoms with Gasteiger partial charge in [0.05, 0.1) is 25.9 Å². The molecule has 0 saturated heterocycles. The number of nitrogens with zero attached hydrogens (tertiary/aromatic N) is 1. The number of hydrogen-bond acceptors (Lipinski definition) is 8. The number of aromatic nitrogens is 1. The molecule has 182 valence electrons. The third-order valence-electron chi connectivity index (χ3n) is 4.99. The zero-order valence-corrected chi connectivity index (χ0v) is 20.2. The van der Waals surface area contributed by atoms with Gasteiger partial charge in [-0.1, -0.05) is 13.0 Å². The Balaban J connectivity index is 2.09. The van der Waals surface area contributed by atoms with E-state index in [1.807, 2.05) is 31.2 Å². The van der Waals surface area contributed by atoms with Gasteiger partial charge in [0.25, 0.3) is 0 Å². The molecule has 0 fully saturated rings. The minimum absolute atomic E-state index is 0.0332. The van der Waals surface area contributed by atoms with Crippen LogP contribution in [0.4, 0.5) is 0 Å². The summed E-state index contributed by atoms with van der Waals surface area (Å²) in [5, 5.41) is 29.8. The molecule has 2 atom stereocenters. The molecule has 0 bridgehead atoms. The number of ether oxygens (including phenoxy) is 2. The molecule has 0 spiro atoms. The smallest absolute Gasteiger partial charge is 0.493 e. The fourth-order valence-corrected chi connectivity index (χ4v) is 3.46. The number of rotatable bonds is 14. The fourth-order valence-electron chi connectivity index (χ4n) is 3.46. The largest absolute Gasteiger partial charge is 0.636 e. The van der Waals surface area contributed by atoms with E-state index in [1.165, 1.54) is 0 Å². The van der Waals surface area contributed by atoms with E-state index < -0.39 is 24.9 Å². The van der Waals surface area contributed by atoms with Gasteiger partial charge in [0.15, 0.2) is 11.5 Å². The Morgan fingerprint density at radius 1 is 1.12 bits per heavy atom. The Labute approximate surface area is 196 Å². The highest BCUT2D eigenvalue weighted by Crippen LogP contribution is 2.33. The summed E-state index contributed by atoms with van der Waals surface area (Å²) in [7, 11) is 0.137. The maximum absolute atomic E-state index is 10.0. The number of benzene rings is 1.